The second-order valence-electron chi connectivity index (χ2n) is 5.25. The minimum atomic E-state index is -0.125. The molecule has 0 spiro atoms. The van der Waals surface area contributed by atoms with Crippen molar-refractivity contribution in [3.63, 3.8) is 0 Å². The molecule has 0 aliphatic rings. The van der Waals surface area contributed by atoms with E-state index in [9.17, 15) is 4.79 Å². The number of fused-ring (bicyclic) bond motifs is 1. The van der Waals surface area contributed by atoms with Crippen molar-refractivity contribution in [2.24, 2.45) is 0 Å². The molecule has 3 rings (SSSR count). The number of aromatic nitrogens is 4. The van der Waals surface area contributed by atoms with Crippen LogP contribution in [0, 0.1) is 20.8 Å². The average molecular weight is 318 g/mol. The summed E-state index contributed by atoms with van der Waals surface area (Å²) in [5.41, 5.74) is 3.20. The number of anilines is 1. The van der Waals surface area contributed by atoms with E-state index < -0.39 is 0 Å². The van der Waals surface area contributed by atoms with Gasteiger partial charge < -0.3 is 5.32 Å². The normalized spacial score (nSPS) is 11.1. The number of H-pyrrole nitrogens is 1. The van der Waals surface area contributed by atoms with Gasteiger partial charge in [0.25, 0.3) is 11.3 Å². The Balaban J connectivity index is 1.90. The average Bonchev–Trinajstić information content (AvgIpc) is 2.89. The van der Waals surface area contributed by atoms with E-state index in [4.69, 9.17) is 11.6 Å². The molecule has 0 fully saturated rings. The van der Waals surface area contributed by atoms with Gasteiger partial charge >= 0.3 is 0 Å². The first-order valence-electron chi connectivity index (χ1n) is 6.90. The van der Waals surface area contributed by atoms with Gasteiger partial charge in [-0.05, 0) is 38.5 Å². The Morgan fingerprint density at radius 3 is 2.82 bits per heavy atom. The van der Waals surface area contributed by atoms with E-state index in [0.717, 1.165) is 11.3 Å². The summed E-state index contributed by atoms with van der Waals surface area (Å²) in [7, 11) is 0. The lowest BCUT2D eigenvalue weighted by molar-refractivity contribution is 0.841. The third-order valence-corrected chi connectivity index (χ3v) is 3.89. The number of rotatable bonds is 3. The molecule has 2 aromatic heterocycles. The molecule has 22 heavy (non-hydrogen) atoms. The lowest BCUT2D eigenvalue weighted by atomic mass is 10.2. The molecule has 7 heteroatoms. The quantitative estimate of drug-likeness (QED) is 0.778. The van der Waals surface area contributed by atoms with E-state index in [0.29, 0.717) is 34.4 Å². The Kier molecular flexibility index (Phi) is 3.62. The molecule has 6 nitrogen and oxygen atoms in total. The molecule has 114 valence electrons. The van der Waals surface area contributed by atoms with Crippen molar-refractivity contribution >= 4 is 23.1 Å². The molecule has 0 aliphatic heterocycles. The zero-order chi connectivity index (χ0) is 15.9. The predicted molar refractivity (Wildman–Crippen MR) is 86.6 cm³/mol. The van der Waals surface area contributed by atoms with Gasteiger partial charge in [-0.15, -0.1) is 0 Å². The Bertz CT molecular complexity index is 912. The molecule has 0 atom stereocenters. The highest BCUT2D eigenvalue weighted by atomic mass is 35.5. The third-order valence-electron chi connectivity index (χ3n) is 3.66. The van der Waals surface area contributed by atoms with Crippen molar-refractivity contribution in [3.05, 3.63) is 56.2 Å². The van der Waals surface area contributed by atoms with Crippen LogP contribution in [-0.4, -0.2) is 19.6 Å². The smallest absolute Gasteiger partial charge is 0.277 e. The van der Waals surface area contributed by atoms with E-state index in [2.05, 4.69) is 20.4 Å². The number of hydrogen-bond donors (Lipinski definition) is 2. The fourth-order valence-corrected chi connectivity index (χ4v) is 2.36. The molecule has 2 N–H and O–H groups in total. The number of hydrogen-bond acceptors (Lipinski definition) is 4. The molecule has 0 bridgehead atoms. The van der Waals surface area contributed by atoms with E-state index >= 15 is 0 Å². The van der Waals surface area contributed by atoms with Crippen LogP contribution in [0.4, 0.5) is 5.69 Å². The number of aromatic amines is 1. The zero-order valence-corrected chi connectivity index (χ0v) is 13.3. The van der Waals surface area contributed by atoms with Crippen LogP contribution in [0.3, 0.4) is 0 Å². The number of nitrogens with one attached hydrogen (secondary N) is 2. The highest BCUT2D eigenvalue weighted by molar-refractivity contribution is 6.30. The highest BCUT2D eigenvalue weighted by Gasteiger charge is 2.10. The highest BCUT2D eigenvalue weighted by Crippen LogP contribution is 2.20. The molecule has 0 aliphatic carbocycles. The van der Waals surface area contributed by atoms with Gasteiger partial charge in [0.05, 0.1) is 6.54 Å². The molecule has 0 saturated carbocycles. The molecule has 0 radical (unpaired) electrons. The SMILES string of the molecule is Cc1ccc(Cl)cc1NCc1nc2nc(C)c(C)c(=O)n2[nH]1. The summed E-state index contributed by atoms with van der Waals surface area (Å²) in [4.78, 5) is 20.8. The molecule has 0 saturated heterocycles. The van der Waals surface area contributed by atoms with Crippen LogP contribution >= 0.6 is 11.6 Å². The first-order chi connectivity index (χ1) is 10.5. The Morgan fingerprint density at radius 2 is 2.05 bits per heavy atom. The van der Waals surface area contributed by atoms with E-state index in [1.807, 2.05) is 25.1 Å². The Labute approximate surface area is 132 Å². The topological polar surface area (TPSA) is 75.1 Å². The van der Waals surface area contributed by atoms with Crippen molar-refractivity contribution in [1.29, 1.82) is 0 Å². The summed E-state index contributed by atoms with van der Waals surface area (Å²) in [6, 6.07) is 5.65. The number of benzene rings is 1. The maximum absolute atomic E-state index is 12.1. The van der Waals surface area contributed by atoms with Crippen LogP contribution < -0.4 is 10.9 Å². The summed E-state index contributed by atoms with van der Waals surface area (Å²) in [5.74, 6) is 1.02. The summed E-state index contributed by atoms with van der Waals surface area (Å²) >= 11 is 6.00. The van der Waals surface area contributed by atoms with Gasteiger partial charge in [0, 0.05) is 22.0 Å². The van der Waals surface area contributed by atoms with Gasteiger partial charge in [0.15, 0.2) is 0 Å². The first kappa shape index (κ1) is 14.6. The second-order valence-corrected chi connectivity index (χ2v) is 5.68. The summed E-state index contributed by atoms with van der Waals surface area (Å²) in [5, 5.41) is 6.90. The fourth-order valence-electron chi connectivity index (χ4n) is 2.19. The van der Waals surface area contributed by atoms with Gasteiger partial charge in [-0.25, -0.2) is 4.98 Å². The van der Waals surface area contributed by atoms with Crippen LogP contribution in [0.25, 0.3) is 5.78 Å². The van der Waals surface area contributed by atoms with Crippen molar-refractivity contribution in [2.75, 3.05) is 5.32 Å². The molecule has 2 heterocycles. The number of aryl methyl sites for hydroxylation is 2. The maximum atomic E-state index is 12.1. The van der Waals surface area contributed by atoms with E-state index in [1.165, 1.54) is 4.52 Å². The van der Waals surface area contributed by atoms with Gasteiger partial charge in [0.1, 0.15) is 5.82 Å². The molecule has 0 amide bonds. The Hall–Kier alpha value is -2.34. The Morgan fingerprint density at radius 1 is 1.27 bits per heavy atom. The number of halogens is 1. The maximum Gasteiger partial charge on any atom is 0.277 e. The van der Waals surface area contributed by atoms with Crippen molar-refractivity contribution in [1.82, 2.24) is 19.6 Å². The van der Waals surface area contributed by atoms with Gasteiger partial charge in [-0.1, -0.05) is 17.7 Å². The molecule has 1 aromatic carbocycles. The van der Waals surface area contributed by atoms with Crippen LogP contribution in [0.5, 0.6) is 0 Å². The van der Waals surface area contributed by atoms with Crippen molar-refractivity contribution in [3.8, 4) is 0 Å². The van der Waals surface area contributed by atoms with Crippen molar-refractivity contribution in [2.45, 2.75) is 27.3 Å². The first-order valence-corrected chi connectivity index (χ1v) is 7.28. The molecular formula is C15H16ClN5O. The second kappa shape index (κ2) is 5.46. The van der Waals surface area contributed by atoms with E-state index in [1.54, 1.807) is 13.8 Å². The third kappa shape index (κ3) is 2.57. The van der Waals surface area contributed by atoms with Crippen LogP contribution in [0.2, 0.25) is 5.02 Å². The molecule has 3 aromatic rings. The minimum absolute atomic E-state index is 0.125. The van der Waals surface area contributed by atoms with E-state index in [-0.39, 0.29) is 5.56 Å². The standard InChI is InChI=1S/C15H16ClN5O/c1-8-4-5-11(16)6-12(8)17-7-13-19-15-18-10(3)9(2)14(22)21(15)20-13/h4-6,17H,7H2,1-3H3,(H,18,19,20). The van der Waals surface area contributed by atoms with Crippen LogP contribution in [0.15, 0.2) is 23.0 Å². The fraction of sp³-hybridized carbons (Fsp3) is 0.267. The zero-order valence-electron chi connectivity index (χ0n) is 12.6. The predicted octanol–water partition coefficient (Wildman–Crippen LogP) is 2.61. The summed E-state index contributed by atoms with van der Waals surface area (Å²) in [6.45, 7) is 6.00. The van der Waals surface area contributed by atoms with Crippen LogP contribution in [0.1, 0.15) is 22.6 Å². The monoisotopic (exact) mass is 317 g/mol. The number of nitrogens with zero attached hydrogens (tertiary/aromatic N) is 3. The summed E-state index contributed by atoms with van der Waals surface area (Å²) in [6.07, 6.45) is 0. The largest absolute Gasteiger partial charge is 0.378 e. The van der Waals surface area contributed by atoms with Gasteiger partial charge in [0.2, 0.25) is 0 Å². The summed E-state index contributed by atoms with van der Waals surface area (Å²) < 4.78 is 1.37. The lowest BCUT2D eigenvalue weighted by Gasteiger charge is -2.08. The minimum Gasteiger partial charge on any atom is -0.378 e. The van der Waals surface area contributed by atoms with Gasteiger partial charge in [-0.3, -0.25) is 9.89 Å². The van der Waals surface area contributed by atoms with Crippen LogP contribution in [-0.2, 0) is 6.54 Å². The molecular weight excluding hydrogens is 302 g/mol. The van der Waals surface area contributed by atoms with Crippen molar-refractivity contribution < 1.29 is 0 Å². The lowest BCUT2D eigenvalue weighted by Crippen LogP contribution is -2.19. The van der Waals surface area contributed by atoms with Gasteiger partial charge in [-0.2, -0.15) is 9.50 Å². The molecule has 0 unspecified atom stereocenters.